The number of rotatable bonds is 4. The Hall–Kier alpha value is -4.48. The molecule has 2 aliphatic carbocycles. The fourth-order valence-electron chi connectivity index (χ4n) is 4.78. The van der Waals surface area contributed by atoms with Crippen molar-refractivity contribution in [2.45, 2.75) is 38.4 Å². The number of urea groups is 1. The van der Waals surface area contributed by atoms with Gasteiger partial charge in [-0.3, -0.25) is 14.5 Å². The van der Waals surface area contributed by atoms with Crippen molar-refractivity contribution in [3.05, 3.63) is 97.6 Å². The lowest BCUT2D eigenvalue weighted by molar-refractivity contribution is -0.137. The molecule has 2 amide bonds. The van der Waals surface area contributed by atoms with E-state index in [-0.39, 0.29) is 17.9 Å². The predicted molar refractivity (Wildman–Crippen MR) is 129 cm³/mol. The molecule has 0 atom stereocenters. The molecular formula is C25H22F3N5O4. The summed E-state index contributed by atoms with van der Waals surface area (Å²) in [4.78, 5) is 39.6. The van der Waals surface area contributed by atoms with Crippen molar-refractivity contribution in [3.8, 4) is 0 Å². The molecule has 0 unspecified atom stereocenters. The molecule has 9 nitrogen and oxygen atoms in total. The van der Waals surface area contributed by atoms with Crippen LogP contribution in [0.5, 0.6) is 0 Å². The second-order valence-electron chi connectivity index (χ2n) is 8.95. The third kappa shape index (κ3) is 4.46. The summed E-state index contributed by atoms with van der Waals surface area (Å²) in [6, 6.07) is 5.13. The van der Waals surface area contributed by atoms with Gasteiger partial charge in [0, 0.05) is 35.0 Å². The normalized spacial score (nSPS) is 15.2. The van der Waals surface area contributed by atoms with Crippen molar-refractivity contribution in [2.24, 2.45) is 5.73 Å². The number of nitrogens with zero attached hydrogens (tertiary/aromatic N) is 3. The first-order valence-corrected chi connectivity index (χ1v) is 11.4. The van der Waals surface area contributed by atoms with Crippen LogP contribution in [0.4, 0.5) is 23.7 Å². The van der Waals surface area contributed by atoms with Crippen LogP contribution >= 0.6 is 0 Å². The number of carbonyl (C=O) groups excluding carboxylic acids is 1. The average Bonchev–Trinajstić information content (AvgIpc) is 3.33. The van der Waals surface area contributed by atoms with Crippen molar-refractivity contribution in [1.29, 1.82) is 0 Å². The van der Waals surface area contributed by atoms with Crippen molar-refractivity contribution in [3.63, 3.8) is 0 Å². The molecule has 2 aliphatic rings. The van der Waals surface area contributed by atoms with Crippen molar-refractivity contribution in [2.75, 3.05) is 4.90 Å². The van der Waals surface area contributed by atoms with E-state index in [0.29, 0.717) is 47.2 Å². The number of nitrogens with two attached hydrogens (primary N) is 1. The van der Waals surface area contributed by atoms with Gasteiger partial charge in [0.2, 0.25) is 0 Å². The second-order valence-corrected chi connectivity index (χ2v) is 8.95. The Bertz CT molecular complexity index is 1580. The number of carbonyl (C=O) groups is 1. The minimum atomic E-state index is -4.49. The maximum absolute atomic E-state index is 12.9. The lowest BCUT2D eigenvalue weighted by atomic mass is 9.85. The standard InChI is InChI=1S/C25H22F3N5O4/c26-25(27,28)16-3-6-17(7-4-16)32(24(29)36)13-14-9-10-31(12-14)18-5-1-15-2-8-20-21(19(15)11-18)33(37)23(35)22(34)30-20/h3-4,6-7,9-12,37H,1-2,5,8,13H2,(H2,29,36)(H,30,34). The number of alkyl halides is 3. The van der Waals surface area contributed by atoms with Crippen LogP contribution in [0.3, 0.4) is 0 Å². The molecule has 4 N–H and O–H groups in total. The highest BCUT2D eigenvalue weighted by atomic mass is 19.4. The maximum Gasteiger partial charge on any atom is 0.416 e. The van der Waals surface area contributed by atoms with Gasteiger partial charge < -0.3 is 20.5 Å². The second kappa shape index (κ2) is 8.87. The zero-order chi connectivity index (χ0) is 26.5. The molecule has 12 heteroatoms. The van der Waals surface area contributed by atoms with Crippen LogP contribution in [-0.4, -0.2) is 25.5 Å². The molecule has 3 aromatic rings. The molecule has 0 radical (unpaired) electrons. The van der Waals surface area contributed by atoms with Gasteiger partial charge in [-0.15, -0.1) is 4.73 Å². The van der Waals surface area contributed by atoms with E-state index in [2.05, 4.69) is 4.98 Å². The summed E-state index contributed by atoms with van der Waals surface area (Å²) in [6.45, 7) is 0.0369. The summed E-state index contributed by atoms with van der Waals surface area (Å²) in [7, 11) is 0. The zero-order valence-corrected chi connectivity index (χ0v) is 19.4. The van der Waals surface area contributed by atoms with E-state index in [4.69, 9.17) is 5.73 Å². The zero-order valence-electron chi connectivity index (χ0n) is 19.4. The first kappa shape index (κ1) is 24.2. The number of anilines is 1. The lowest BCUT2D eigenvalue weighted by Crippen LogP contribution is -2.39. The summed E-state index contributed by atoms with van der Waals surface area (Å²) in [5, 5.41) is 10.3. The third-order valence-electron chi connectivity index (χ3n) is 6.65. The molecular weight excluding hydrogens is 491 g/mol. The van der Waals surface area contributed by atoms with Crippen LogP contribution in [0, 0.1) is 0 Å². The van der Waals surface area contributed by atoms with Crippen LogP contribution in [0.25, 0.3) is 11.3 Å². The number of aromatic nitrogens is 3. The number of hydrogen-bond acceptors (Lipinski definition) is 4. The van der Waals surface area contributed by atoms with E-state index in [1.807, 2.05) is 10.6 Å². The number of benzene rings is 1. The molecule has 1 aromatic carbocycles. The molecule has 0 spiro atoms. The number of hydrogen-bond donors (Lipinski definition) is 3. The Morgan fingerprint density at radius 1 is 1.08 bits per heavy atom. The fourth-order valence-corrected chi connectivity index (χ4v) is 4.78. The van der Waals surface area contributed by atoms with Gasteiger partial charge in [0.1, 0.15) is 5.69 Å². The Morgan fingerprint density at radius 2 is 1.78 bits per heavy atom. The molecule has 0 saturated heterocycles. The van der Waals surface area contributed by atoms with Crippen molar-refractivity contribution in [1.82, 2.24) is 14.3 Å². The Labute approximate surface area is 207 Å². The van der Waals surface area contributed by atoms with Gasteiger partial charge in [-0.2, -0.15) is 13.2 Å². The van der Waals surface area contributed by atoms with Crippen LogP contribution in [0.1, 0.15) is 41.8 Å². The first-order valence-electron chi connectivity index (χ1n) is 11.4. The van der Waals surface area contributed by atoms with Gasteiger partial charge in [0.25, 0.3) is 0 Å². The van der Waals surface area contributed by atoms with Crippen LogP contribution < -0.4 is 21.8 Å². The third-order valence-corrected chi connectivity index (χ3v) is 6.65. The molecule has 2 heterocycles. The average molecular weight is 513 g/mol. The van der Waals surface area contributed by atoms with Crippen LogP contribution in [0.15, 0.2) is 64.0 Å². The molecule has 5 rings (SSSR count). The number of nitrogens with one attached hydrogen (secondary N) is 1. The van der Waals surface area contributed by atoms with Crippen molar-refractivity contribution < 1.29 is 23.2 Å². The lowest BCUT2D eigenvalue weighted by Gasteiger charge is -2.27. The van der Waals surface area contributed by atoms with Gasteiger partial charge in [0.15, 0.2) is 0 Å². The fraction of sp³-hybridized carbons (Fsp3) is 0.240. The van der Waals surface area contributed by atoms with Gasteiger partial charge in [0.05, 0.1) is 12.1 Å². The number of halogens is 3. The highest BCUT2D eigenvalue weighted by molar-refractivity contribution is 5.90. The number of amides is 2. The number of H-pyrrole nitrogens is 1. The highest BCUT2D eigenvalue weighted by Gasteiger charge is 2.30. The van der Waals surface area contributed by atoms with Gasteiger partial charge in [-0.1, -0.05) is 5.57 Å². The van der Waals surface area contributed by atoms with Crippen molar-refractivity contribution >= 4 is 23.0 Å². The number of fused-ring (bicyclic) bond motifs is 2. The monoisotopic (exact) mass is 513 g/mol. The molecule has 0 bridgehead atoms. The Balaban J connectivity index is 1.42. The van der Waals surface area contributed by atoms with E-state index in [0.717, 1.165) is 23.4 Å². The predicted octanol–water partition coefficient (Wildman–Crippen LogP) is 3.71. The summed E-state index contributed by atoms with van der Waals surface area (Å²) in [5.74, 6) is 0. The molecule has 2 aromatic heterocycles. The van der Waals surface area contributed by atoms with Gasteiger partial charge in [-0.05, 0) is 67.7 Å². The van der Waals surface area contributed by atoms with E-state index in [1.165, 1.54) is 17.0 Å². The summed E-state index contributed by atoms with van der Waals surface area (Å²) >= 11 is 0. The number of aromatic amines is 1. The molecule has 192 valence electrons. The number of allylic oxidation sites excluding steroid dienone is 4. The minimum absolute atomic E-state index is 0.0369. The topological polar surface area (TPSA) is 126 Å². The summed E-state index contributed by atoms with van der Waals surface area (Å²) < 4.78 is 40.9. The number of primary amides is 1. The minimum Gasteiger partial charge on any atom is -0.425 e. The van der Waals surface area contributed by atoms with Gasteiger partial charge >= 0.3 is 23.3 Å². The molecule has 37 heavy (non-hydrogen) atoms. The largest absolute Gasteiger partial charge is 0.425 e. The maximum atomic E-state index is 12.9. The highest BCUT2D eigenvalue weighted by Crippen LogP contribution is 2.39. The first-order chi connectivity index (χ1) is 17.5. The summed E-state index contributed by atoms with van der Waals surface area (Å²) in [5.41, 5.74) is 7.04. The quantitative estimate of drug-likeness (QED) is 0.363. The molecule has 0 fully saturated rings. The summed E-state index contributed by atoms with van der Waals surface area (Å²) in [6.07, 6.45) is 3.50. The molecule has 0 aliphatic heterocycles. The van der Waals surface area contributed by atoms with E-state index >= 15 is 0 Å². The number of aryl methyl sites for hydroxylation is 1. The van der Waals surface area contributed by atoms with E-state index < -0.39 is 28.9 Å². The SMILES string of the molecule is NC(=O)N(Cc1ccn(C2=CC3=C(CC2)CCc2[nH]c(=O)c(=O)n(O)c23)c1)c1ccc(C(F)(F)F)cc1. The smallest absolute Gasteiger partial charge is 0.416 e. The van der Waals surface area contributed by atoms with E-state index in [1.54, 1.807) is 18.5 Å². The van der Waals surface area contributed by atoms with Crippen LogP contribution in [0.2, 0.25) is 0 Å². The Kier molecular flexibility index (Phi) is 5.81. The van der Waals surface area contributed by atoms with Gasteiger partial charge in [-0.25, -0.2) is 4.79 Å². The Morgan fingerprint density at radius 3 is 2.46 bits per heavy atom. The molecule has 0 saturated carbocycles. The van der Waals surface area contributed by atoms with Crippen LogP contribution in [-0.2, 0) is 19.1 Å². The van der Waals surface area contributed by atoms with E-state index in [9.17, 15) is 32.8 Å².